The van der Waals surface area contributed by atoms with Gasteiger partial charge >= 0.3 is 5.91 Å². The number of para-hydroxylation sites is 1. The van der Waals surface area contributed by atoms with Crippen LogP contribution in [0.2, 0.25) is 0 Å². The summed E-state index contributed by atoms with van der Waals surface area (Å²) < 4.78 is 0.563. The zero-order chi connectivity index (χ0) is 13.8. The second-order valence-corrected chi connectivity index (χ2v) is 4.97. The smallest absolute Gasteiger partial charge is 0.300 e. The Kier molecular flexibility index (Phi) is 4.73. The second kappa shape index (κ2) is 5.87. The van der Waals surface area contributed by atoms with Gasteiger partial charge in [-0.05, 0) is 18.6 Å². The summed E-state index contributed by atoms with van der Waals surface area (Å²) in [6.07, 6.45) is 1.04. The molecule has 1 rings (SSSR count). The zero-order valence-corrected chi connectivity index (χ0v) is 12.0. The number of hydrogen-bond acceptors (Lipinski definition) is 2. The Morgan fingerprint density at radius 2 is 1.94 bits per heavy atom. The minimum absolute atomic E-state index is 0.0402. The van der Waals surface area contributed by atoms with E-state index in [2.05, 4.69) is 12.2 Å². The molecule has 100 valence electrons. The number of benzene rings is 1. The molecule has 0 radical (unpaired) electrons. The molecule has 0 atom stereocenters. The van der Waals surface area contributed by atoms with Gasteiger partial charge in [0.15, 0.2) is 0 Å². The molecule has 0 fully saturated rings. The van der Waals surface area contributed by atoms with Crippen LogP contribution in [0.25, 0.3) is 0 Å². The maximum atomic E-state index is 12.5. The zero-order valence-electron chi connectivity index (χ0n) is 12.0. The topological polar surface area (TPSA) is 32.3 Å². The molecule has 4 heteroatoms. The largest absolute Gasteiger partial charge is 0.387 e. The number of carbonyl (C=O) groups excluding carboxylic acids is 1. The maximum Gasteiger partial charge on any atom is 0.300 e. The maximum absolute atomic E-state index is 12.5. The molecular formula is C14H24N3O+. The Bertz CT molecular complexity index is 415. The first-order valence-corrected chi connectivity index (χ1v) is 6.32. The number of nitrogens with zero attached hydrogens (tertiary/aromatic N) is 2. The van der Waals surface area contributed by atoms with Crippen molar-refractivity contribution in [1.82, 2.24) is 5.01 Å². The van der Waals surface area contributed by atoms with Crippen LogP contribution in [0.15, 0.2) is 24.3 Å². The van der Waals surface area contributed by atoms with E-state index in [1.54, 1.807) is 5.01 Å². The molecule has 1 aromatic carbocycles. The van der Waals surface area contributed by atoms with Crippen LogP contribution < -0.4 is 5.32 Å². The van der Waals surface area contributed by atoms with Gasteiger partial charge in [-0.25, -0.2) is 4.59 Å². The Hall–Kier alpha value is -1.55. The van der Waals surface area contributed by atoms with Gasteiger partial charge in [-0.1, -0.05) is 19.1 Å². The first-order chi connectivity index (χ1) is 8.44. The predicted octanol–water partition coefficient (Wildman–Crippen LogP) is 2.20. The first kappa shape index (κ1) is 14.5. The standard InChI is InChI=1S/C14H23N3O/c1-6-11-17(4,5)16(3)14(18)12-9-7-8-10-13(12)15-2/h7-10H,6,11H2,1-5H3/p+1. The Labute approximate surface area is 110 Å². The quantitative estimate of drug-likeness (QED) is 0.642. The highest BCUT2D eigenvalue weighted by Crippen LogP contribution is 2.18. The van der Waals surface area contributed by atoms with Gasteiger partial charge in [-0.3, -0.25) is 4.79 Å². The minimum atomic E-state index is 0.0402. The molecule has 0 bridgehead atoms. The molecule has 1 N–H and O–H groups in total. The second-order valence-electron chi connectivity index (χ2n) is 4.97. The average Bonchev–Trinajstić information content (AvgIpc) is 2.36. The Balaban J connectivity index is 3.00. The lowest BCUT2D eigenvalue weighted by Crippen LogP contribution is -2.55. The van der Waals surface area contributed by atoms with E-state index in [0.717, 1.165) is 18.7 Å². The fourth-order valence-corrected chi connectivity index (χ4v) is 2.01. The molecule has 4 nitrogen and oxygen atoms in total. The van der Waals surface area contributed by atoms with Crippen molar-refractivity contribution in [1.29, 1.82) is 0 Å². The summed E-state index contributed by atoms with van der Waals surface area (Å²) in [5.74, 6) is 0.0402. The number of amides is 1. The van der Waals surface area contributed by atoms with Crippen LogP contribution in [0, 0.1) is 0 Å². The molecule has 0 unspecified atom stereocenters. The lowest BCUT2D eigenvalue weighted by Gasteiger charge is -2.37. The summed E-state index contributed by atoms with van der Waals surface area (Å²) in [4.78, 5) is 12.5. The Morgan fingerprint density at radius 1 is 1.33 bits per heavy atom. The monoisotopic (exact) mass is 250 g/mol. The van der Waals surface area contributed by atoms with E-state index >= 15 is 0 Å². The van der Waals surface area contributed by atoms with E-state index in [9.17, 15) is 4.79 Å². The average molecular weight is 250 g/mol. The third kappa shape index (κ3) is 3.01. The molecule has 0 aliphatic heterocycles. The number of hydrogen-bond donors (Lipinski definition) is 1. The van der Waals surface area contributed by atoms with Crippen LogP contribution >= 0.6 is 0 Å². The molecule has 0 heterocycles. The van der Waals surface area contributed by atoms with Crippen molar-refractivity contribution in [3.63, 3.8) is 0 Å². The van der Waals surface area contributed by atoms with E-state index in [4.69, 9.17) is 0 Å². The van der Waals surface area contributed by atoms with Crippen molar-refractivity contribution in [2.45, 2.75) is 13.3 Å². The molecule has 0 aromatic heterocycles. The van der Waals surface area contributed by atoms with Crippen LogP contribution in [-0.2, 0) is 0 Å². The summed E-state index contributed by atoms with van der Waals surface area (Å²) >= 11 is 0. The van der Waals surface area contributed by atoms with Crippen LogP contribution in [0.5, 0.6) is 0 Å². The minimum Gasteiger partial charge on any atom is -0.387 e. The van der Waals surface area contributed by atoms with Gasteiger partial charge in [0.05, 0.1) is 26.7 Å². The fourth-order valence-electron chi connectivity index (χ4n) is 2.01. The van der Waals surface area contributed by atoms with Crippen molar-refractivity contribution in [3.8, 4) is 0 Å². The van der Waals surface area contributed by atoms with Crippen LogP contribution in [-0.4, -0.2) is 50.2 Å². The molecule has 1 amide bonds. The molecule has 0 saturated carbocycles. The van der Waals surface area contributed by atoms with Gasteiger partial charge in [0, 0.05) is 12.7 Å². The third-order valence-electron chi connectivity index (χ3n) is 3.30. The summed E-state index contributed by atoms with van der Waals surface area (Å²) in [5, 5.41) is 4.84. The third-order valence-corrected chi connectivity index (χ3v) is 3.30. The van der Waals surface area contributed by atoms with Gasteiger partial charge in [-0.2, -0.15) is 5.01 Å². The number of nitrogens with one attached hydrogen (secondary N) is 1. The molecule has 18 heavy (non-hydrogen) atoms. The number of carbonyl (C=O) groups is 1. The summed E-state index contributed by atoms with van der Waals surface area (Å²) in [5.41, 5.74) is 1.58. The van der Waals surface area contributed by atoms with E-state index in [1.165, 1.54) is 0 Å². The number of rotatable bonds is 5. The van der Waals surface area contributed by atoms with E-state index < -0.39 is 0 Å². The Morgan fingerprint density at radius 3 is 2.50 bits per heavy atom. The number of anilines is 1. The molecule has 0 aliphatic carbocycles. The van der Waals surface area contributed by atoms with Crippen molar-refractivity contribution in [2.75, 3.05) is 40.1 Å². The lowest BCUT2D eigenvalue weighted by molar-refractivity contribution is -0.987. The van der Waals surface area contributed by atoms with E-state index in [-0.39, 0.29) is 5.91 Å². The van der Waals surface area contributed by atoms with Crippen molar-refractivity contribution in [3.05, 3.63) is 29.8 Å². The van der Waals surface area contributed by atoms with E-state index in [0.29, 0.717) is 10.2 Å². The highest BCUT2D eigenvalue weighted by Gasteiger charge is 2.28. The molecule has 0 aliphatic rings. The van der Waals surface area contributed by atoms with Crippen LogP contribution in [0.4, 0.5) is 5.69 Å². The molecule has 1 aromatic rings. The number of quaternary nitrogens is 1. The molecule has 0 saturated heterocycles. The highest BCUT2D eigenvalue weighted by atomic mass is 16.2. The van der Waals surface area contributed by atoms with Gasteiger partial charge in [-0.15, -0.1) is 0 Å². The van der Waals surface area contributed by atoms with E-state index in [1.807, 2.05) is 52.5 Å². The van der Waals surface area contributed by atoms with Crippen LogP contribution in [0.1, 0.15) is 23.7 Å². The summed E-state index contributed by atoms with van der Waals surface area (Å²) in [6, 6.07) is 7.59. The van der Waals surface area contributed by atoms with Crippen molar-refractivity contribution >= 4 is 11.6 Å². The van der Waals surface area contributed by atoms with Gasteiger partial charge < -0.3 is 5.32 Å². The van der Waals surface area contributed by atoms with Crippen molar-refractivity contribution < 1.29 is 9.39 Å². The highest BCUT2D eigenvalue weighted by molar-refractivity contribution is 5.98. The van der Waals surface area contributed by atoms with Crippen LogP contribution in [0.3, 0.4) is 0 Å². The fraction of sp³-hybridized carbons (Fsp3) is 0.500. The van der Waals surface area contributed by atoms with Crippen molar-refractivity contribution in [2.24, 2.45) is 0 Å². The normalized spacial score (nSPS) is 11.2. The van der Waals surface area contributed by atoms with Gasteiger partial charge in [0.1, 0.15) is 6.54 Å². The molecule has 0 spiro atoms. The summed E-state index contributed by atoms with van der Waals surface area (Å²) in [6.45, 7) is 3.06. The SMILES string of the molecule is CCC[N+](C)(C)N(C)C(=O)c1ccccc1NC. The lowest BCUT2D eigenvalue weighted by atomic mass is 10.1. The first-order valence-electron chi connectivity index (χ1n) is 6.32. The predicted molar refractivity (Wildman–Crippen MR) is 75.3 cm³/mol. The summed E-state index contributed by atoms with van der Waals surface area (Å²) in [7, 11) is 7.77. The van der Waals surface area contributed by atoms with Gasteiger partial charge in [0.25, 0.3) is 0 Å². The molecular weight excluding hydrogens is 226 g/mol. The van der Waals surface area contributed by atoms with Gasteiger partial charge in [0.2, 0.25) is 0 Å².